The average molecular weight is 586 g/mol. The molecule has 0 amide bonds. The van der Waals surface area contributed by atoms with E-state index in [1.165, 1.54) is 11.7 Å². The molecule has 0 radical (unpaired) electrons. The Morgan fingerprint density at radius 2 is 1.76 bits per heavy atom. The molecule has 2 fully saturated rings. The normalized spacial score (nSPS) is 21.6. The van der Waals surface area contributed by atoms with E-state index >= 15 is 0 Å². The predicted molar refractivity (Wildman–Crippen MR) is 151 cm³/mol. The molecule has 2 aromatic heterocycles. The third kappa shape index (κ3) is 5.74. The van der Waals surface area contributed by atoms with Gasteiger partial charge in [-0.1, -0.05) is 6.07 Å². The van der Waals surface area contributed by atoms with Crippen molar-refractivity contribution in [2.45, 2.75) is 12.0 Å². The quantitative estimate of drug-likeness (QED) is 0.380. The second kappa shape index (κ2) is 12.2. The first-order chi connectivity index (χ1) is 20.4. The predicted octanol–water partition coefficient (Wildman–Crippen LogP) is 0.510. The summed E-state index contributed by atoms with van der Waals surface area (Å²) in [6.07, 6.45) is -1.37. The zero-order valence-corrected chi connectivity index (χ0v) is 23.2. The van der Waals surface area contributed by atoms with Crippen LogP contribution in [0.25, 0.3) is 17.0 Å². The van der Waals surface area contributed by atoms with Crippen LogP contribution in [0.3, 0.4) is 0 Å². The molecule has 3 N–H and O–H groups in total. The Labute approximate surface area is 240 Å². The maximum absolute atomic E-state index is 14.3. The number of para-hydroxylation sites is 1. The Morgan fingerprint density at radius 1 is 1.02 bits per heavy atom. The number of aromatic nitrogens is 5. The van der Waals surface area contributed by atoms with Gasteiger partial charge in [0.1, 0.15) is 16.8 Å². The molecule has 0 aliphatic carbocycles. The molecule has 1 aromatic carbocycles. The molecule has 3 aromatic rings. The van der Waals surface area contributed by atoms with E-state index in [-0.39, 0.29) is 23.8 Å². The molecule has 42 heavy (non-hydrogen) atoms. The van der Waals surface area contributed by atoms with Gasteiger partial charge in [-0.2, -0.15) is 15.0 Å². The van der Waals surface area contributed by atoms with Crippen molar-refractivity contribution in [3.8, 4) is 11.7 Å². The summed E-state index contributed by atoms with van der Waals surface area (Å²) in [5.74, 6) is 0.698. The first-order valence-corrected chi connectivity index (χ1v) is 13.8. The van der Waals surface area contributed by atoms with Crippen molar-refractivity contribution in [1.82, 2.24) is 34.7 Å². The van der Waals surface area contributed by atoms with E-state index in [1.807, 2.05) is 4.90 Å². The number of fused-ring (bicyclic) bond motifs is 1. The highest BCUT2D eigenvalue weighted by molar-refractivity contribution is 5.93. The Kier molecular flexibility index (Phi) is 8.19. The highest BCUT2D eigenvalue weighted by Crippen LogP contribution is 2.32. The molecular weight excluding hydrogens is 552 g/mol. The van der Waals surface area contributed by atoms with Crippen molar-refractivity contribution < 1.29 is 23.0 Å². The number of aliphatic imine (C=N–C) groups is 2. The standard InChI is InChI=1S/C26H33F2N11O3/c1-40-18-4-2-3-17-19(18)33-21(20(27)28)39(17)25-35-22(34-24(36-25)38-9-13-42-14-10-38)26(29)15-31-23(32-16-26)30-5-6-37-7-11-41-12-8-37/h2-4,15,20H,5-14,16,29H2,1H3,(H,30,32). The van der Waals surface area contributed by atoms with Gasteiger partial charge in [-0.15, -0.1) is 0 Å². The van der Waals surface area contributed by atoms with E-state index in [9.17, 15) is 8.78 Å². The SMILES string of the molecule is COc1cccc2c1nc(C(F)F)n2-c1nc(N2CCOCC2)nc(C2(N)C=NC(NCCN3CCOCC3)=NC2)n1. The number of hydrogen-bond acceptors (Lipinski definition) is 13. The van der Waals surface area contributed by atoms with Crippen molar-refractivity contribution in [2.75, 3.05) is 84.3 Å². The molecule has 3 aliphatic rings. The number of hydrogen-bond donors (Lipinski definition) is 2. The number of morpholine rings is 2. The van der Waals surface area contributed by atoms with E-state index in [0.29, 0.717) is 56.0 Å². The van der Waals surface area contributed by atoms with E-state index in [0.717, 1.165) is 32.8 Å². The number of alkyl halides is 2. The molecule has 1 unspecified atom stereocenters. The fraction of sp³-hybridized carbons (Fsp3) is 0.538. The second-order valence-corrected chi connectivity index (χ2v) is 10.1. The second-order valence-electron chi connectivity index (χ2n) is 10.1. The zero-order chi connectivity index (χ0) is 29.1. The summed E-state index contributed by atoms with van der Waals surface area (Å²) < 4.78 is 46.1. The van der Waals surface area contributed by atoms with Crippen molar-refractivity contribution in [1.29, 1.82) is 0 Å². The fourth-order valence-corrected chi connectivity index (χ4v) is 5.02. The molecule has 6 rings (SSSR count). The monoisotopic (exact) mass is 585 g/mol. The number of anilines is 1. The fourth-order valence-electron chi connectivity index (χ4n) is 5.02. The van der Waals surface area contributed by atoms with Crippen LogP contribution in [0.15, 0.2) is 28.2 Å². The van der Waals surface area contributed by atoms with Crippen LogP contribution in [-0.2, 0) is 15.0 Å². The molecule has 2 saturated heterocycles. The van der Waals surface area contributed by atoms with Crippen LogP contribution in [0.1, 0.15) is 18.1 Å². The molecular formula is C26H33F2N11O3. The van der Waals surface area contributed by atoms with Crippen LogP contribution < -0.4 is 20.7 Å². The van der Waals surface area contributed by atoms with Crippen LogP contribution in [0.4, 0.5) is 14.7 Å². The van der Waals surface area contributed by atoms with Gasteiger partial charge in [0.15, 0.2) is 11.6 Å². The van der Waals surface area contributed by atoms with E-state index in [1.54, 1.807) is 24.4 Å². The van der Waals surface area contributed by atoms with Gasteiger partial charge < -0.3 is 30.2 Å². The maximum Gasteiger partial charge on any atom is 0.296 e. The zero-order valence-electron chi connectivity index (χ0n) is 23.2. The molecule has 224 valence electrons. The lowest BCUT2D eigenvalue weighted by Crippen LogP contribution is -2.48. The molecule has 16 heteroatoms. The van der Waals surface area contributed by atoms with E-state index in [2.05, 4.69) is 40.1 Å². The summed E-state index contributed by atoms with van der Waals surface area (Å²) in [6.45, 7) is 6.83. The van der Waals surface area contributed by atoms with Crippen molar-refractivity contribution >= 4 is 29.2 Å². The topological polar surface area (TPSA) is 153 Å². The minimum atomic E-state index is -2.91. The molecule has 1 atom stereocenters. The Bertz CT molecular complexity index is 1470. The third-order valence-corrected chi connectivity index (χ3v) is 7.33. The number of nitrogens with one attached hydrogen (secondary N) is 1. The van der Waals surface area contributed by atoms with Gasteiger partial charge in [0.05, 0.1) is 45.6 Å². The minimum absolute atomic E-state index is 0.0378. The Balaban J connectivity index is 1.33. The van der Waals surface area contributed by atoms with Gasteiger partial charge >= 0.3 is 0 Å². The Morgan fingerprint density at radius 3 is 2.45 bits per heavy atom. The number of ether oxygens (including phenoxy) is 3. The van der Waals surface area contributed by atoms with Crippen LogP contribution in [-0.4, -0.2) is 121 Å². The molecule has 5 heterocycles. The number of halogens is 2. The molecule has 3 aliphatic heterocycles. The van der Waals surface area contributed by atoms with Crippen molar-refractivity contribution in [3.05, 3.63) is 29.8 Å². The summed E-state index contributed by atoms with van der Waals surface area (Å²) in [5, 5.41) is 3.24. The number of benzene rings is 1. The molecule has 0 spiro atoms. The van der Waals surface area contributed by atoms with Gasteiger partial charge in [0.25, 0.3) is 6.43 Å². The lowest BCUT2D eigenvalue weighted by atomic mass is 10.0. The number of methoxy groups -OCH3 is 1. The van der Waals surface area contributed by atoms with Gasteiger partial charge in [0, 0.05) is 45.5 Å². The summed E-state index contributed by atoms with van der Waals surface area (Å²) in [6, 6.07) is 5.01. The number of guanidine groups is 1. The highest BCUT2D eigenvalue weighted by atomic mass is 19.3. The first kappa shape index (κ1) is 28.3. The number of nitrogens with zero attached hydrogens (tertiary/aromatic N) is 9. The molecule has 0 saturated carbocycles. The lowest BCUT2D eigenvalue weighted by Gasteiger charge is -2.30. The van der Waals surface area contributed by atoms with Crippen LogP contribution in [0, 0.1) is 0 Å². The van der Waals surface area contributed by atoms with Gasteiger partial charge in [-0.3, -0.25) is 9.47 Å². The van der Waals surface area contributed by atoms with Crippen molar-refractivity contribution in [2.24, 2.45) is 15.7 Å². The summed E-state index contributed by atoms with van der Waals surface area (Å²) in [7, 11) is 1.46. The van der Waals surface area contributed by atoms with Gasteiger partial charge in [-0.25, -0.2) is 23.7 Å². The molecule has 0 bridgehead atoms. The largest absolute Gasteiger partial charge is 0.494 e. The molecule has 14 nitrogen and oxygen atoms in total. The first-order valence-electron chi connectivity index (χ1n) is 13.8. The summed E-state index contributed by atoms with van der Waals surface area (Å²) in [4.78, 5) is 31.3. The van der Waals surface area contributed by atoms with Crippen LogP contribution >= 0.6 is 0 Å². The summed E-state index contributed by atoms with van der Waals surface area (Å²) >= 11 is 0. The minimum Gasteiger partial charge on any atom is -0.494 e. The average Bonchev–Trinajstić information content (AvgIpc) is 3.43. The smallest absolute Gasteiger partial charge is 0.296 e. The highest BCUT2D eigenvalue weighted by Gasteiger charge is 2.35. The number of rotatable bonds is 8. The van der Waals surface area contributed by atoms with Crippen LogP contribution in [0.2, 0.25) is 0 Å². The van der Waals surface area contributed by atoms with E-state index < -0.39 is 17.8 Å². The van der Waals surface area contributed by atoms with Gasteiger partial charge in [-0.05, 0) is 12.1 Å². The van der Waals surface area contributed by atoms with Crippen LogP contribution in [0.5, 0.6) is 5.75 Å². The van der Waals surface area contributed by atoms with E-state index in [4.69, 9.17) is 19.9 Å². The summed E-state index contributed by atoms with van der Waals surface area (Å²) in [5.41, 5.74) is 6.10. The number of nitrogens with two attached hydrogens (primary N) is 1. The number of imidazole rings is 1. The Hall–Kier alpha value is -3.86. The lowest BCUT2D eigenvalue weighted by molar-refractivity contribution is 0.0389. The van der Waals surface area contributed by atoms with Crippen molar-refractivity contribution in [3.63, 3.8) is 0 Å². The van der Waals surface area contributed by atoms with Gasteiger partial charge in [0.2, 0.25) is 17.9 Å². The maximum atomic E-state index is 14.3. The third-order valence-electron chi connectivity index (χ3n) is 7.33.